The summed E-state index contributed by atoms with van der Waals surface area (Å²) >= 11 is 11.6. The Morgan fingerprint density at radius 2 is 1.60 bits per heavy atom. The predicted octanol–water partition coefficient (Wildman–Crippen LogP) is 2.98. The van der Waals surface area contributed by atoms with Crippen molar-refractivity contribution >= 4 is 34.3 Å². The van der Waals surface area contributed by atoms with Crippen molar-refractivity contribution in [1.29, 1.82) is 0 Å². The van der Waals surface area contributed by atoms with Crippen LogP contribution in [0.1, 0.15) is 5.56 Å². The predicted molar refractivity (Wildman–Crippen MR) is 55.5 cm³/mol. The quantitative estimate of drug-likeness (QED) is 0.595. The second-order valence-corrected chi connectivity index (χ2v) is 8.59. The van der Waals surface area contributed by atoms with Gasteiger partial charge in [0.25, 0.3) is 0 Å². The lowest BCUT2D eigenvalue weighted by atomic mass is 10.2. The summed E-state index contributed by atoms with van der Waals surface area (Å²) in [6.45, 7) is -3.06. The van der Waals surface area contributed by atoms with Gasteiger partial charge in [0.2, 0.25) is 0 Å². The van der Waals surface area contributed by atoms with Crippen LogP contribution < -0.4 is 5.19 Å². The fourth-order valence-electron chi connectivity index (χ4n) is 0.971. The second kappa shape index (κ2) is 4.33. The topological polar surface area (TPSA) is 9.23 Å². The van der Waals surface area contributed by atoms with Crippen molar-refractivity contribution in [3.63, 3.8) is 0 Å². The molecule has 84 valence electrons. The van der Waals surface area contributed by atoms with E-state index < -0.39 is 18.7 Å². The Morgan fingerprint density at radius 1 is 1.13 bits per heavy atom. The average Bonchev–Trinajstić information content (AvgIpc) is 2.17. The number of halogens is 5. The highest BCUT2D eigenvalue weighted by atomic mass is 35.7. The van der Waals surface area contributed by atoms with Crippen molar-refractivity contribution in [2.45, 2.75) is 6.18 Å². The molecule has 0 saturated heterocycles. The van der Waals surface area contributed by atoms with Crippen molar-refractivity contribution in [3.05, 3.63) is 29.8 Å². The van der Waals surface area contributed by atoms with E-state index in [0.717, 1.165) is 12.1 Å². The van der Waals surface area contributed by atoms with Crippen LogP contribution in [0.5, 0.6) is 0 Å². The molecule has 0 amide bonds. The Bertz CT molecular complexity index is 337. The molecule has 0 fully saturated rings. The van der Waals surface area contributed by atoms with Crippen LogP contribution in [0.25, 0.3) is 0 Å². The minimum Gasteiger partial charge on any atom is -0.392 e. The van der Waals surface area contributed by atoms with Gasteiger partial charge in [-0.2, -0.15) is 13.2 Å². The largest absolute Gasteiger partial charge is 0.423 e. The van der Waals surface area contributed by atoms with Gasteiger partial charge in [0.1, 0.15) is 0 Å². The normalized spacial score (nSPS) is 12.9. The minimum absolute atomic E-state index is 0.390. The first-order chi connectivity index (χ1) is 6.77. The van der Waals surface area contributed by atoms with Crippen LogP contribution in [0.3, 0.4) is 0 Å². The van der Waals surface area contributed by atoms with Crippen molar-refractivity contribution in [2.24, 2.45) is 0 Å². The first-order valence-electron chi connectivity index (χ1n) is 3.88. The summed E-state index contributed by atoms with van der Waals surface area (Å²) < 4.78 is 41.5. The van der Waals surface area contributed by atoms with E-state index in [4.69, 9.17) is 26.6 Å². The Hall–Kier alpha value is -0.233. The van der Waals surface area contributed by atoms with Crippen molar-refractivity contribution in [2.75, 3.05) is 7.11 Å². The minimum atomic E-state index is -4.35. The zero-order chi connectivity index (χ0) is 11.7. The lowest BCUT2D eigenvalue weighted by Gasteiger charge is -2.15. The van der Waals surface area contributed by atoms with E-state index >= 15 is 0 Å². The van der Waals surface area contributed by atoms with Gasteiger partial charge in [-0.1, -0.05) is 12.1 Å². The molecule has 0 atom stereocenters. The van der Waals surface area contributed by atoms with Crippen molar-refractivity contribution < 1.29 is 17.6 Å². The molecule has 1 nitrogen and oxygen atoms in total. The van der Waals surface area contributed by atoms with Gasteiger partial charge in [0.15, 0.2) is 0 Å². The number of hydrogen-bond donors (Lipinski definition) is 0. The highest BCUT2D eigenvalue weighted by molar-refractivity contribution is 7.48. The molecule has 7 heteroatoms. The maximum absolute atomic E-state index is 12.2. The Morgan fingerprint density at radius 3 is 1.93 bits per heavy atom. The van der Waals surface area contributed by atoms with Gasteiger partial charge in [0.05, 0.1) is 5.56 Å². The maximum atomic E-state index is 12.2. The van der Waals surface area contributed by atoms with Crippen LogP contribution in [0.15, 0.2) is 24.3 Å². The van der Waals surface area contributed by atoms with Gasteiger partial charge in [-0.25, -0.2) is 0 Å². The molecular weight excluding hydrogens is 268 g/mol. The van der Waals surface area contributed by atoms with Gasteiger partial charge < -0.3 is 4.43 Å². The van der Waals surface area contributed by atoms with Crippen LogP contribution in [0, 0.1) is 0 Å². The zero-order valence-electron chi connectivity index (χ0n) is 7.61. The molecule has 0 unspecified atom stereocenters. The van der Waals surface area contributed by atoms with Crippen molar-refractivity contribution in [1.82, 2.24) is 0 Å². The summed E-state index contributed by atoms with van der Waals surface area (Å²) in [7, 11) is 1.32. The van der Waals surface area contributed by atoms with Gasteiger partial charge in [-0.15, -0.1) is 22.2 Å². The zero-order valence-corrected chi connectivity index (χ0v) is 10.1. The summed E-state index contributed by atoms with van der Waals surface area (Å²) in [6, 6.07) is 4.33. The fraction of sp³-hybridized carbons (Fsp3) is 0.250. The Balaban J connectivity index is 3.01. The third-order valence-electron chi connectivity index (χ3n) is 1.80. The second-order valence-electron chi connectivity index (χ2n) is 2.80. The van der Waals surface area contributed by atoms with Gasteiger partial charge in [0, 0.05) is 7.11 Å². The van der Waals surface area contributed by atoms with Crippen LogP contribution in [-0.4, -0.2) is 14.0 Å². The van der Waals surface area contributed by atoms with Crippen LogP contribution in [0.4, 0.5) is 13.2 Å². The maximum Gasteiger partial charge on any atom is 0.423 e. The summed E-state index contributed by atoms with van der Waals surface area (Å²) in [6.07, 6.45) is -4.35. The van der Waals surface area contributed by atoms with E-state index in [1.165, 1.54) is 19.2 Å². The third-order valence-corrected chi connectivity index (χ3v) is 5.56. The van der Waals surface area contributed by atoms with Crippen LogP contribution in [-0.2, 0) is 10.6 Å². The number of benzene rings is 1. The smallest absolute Gasteiger partial charge is 0.392 e. The molecule has 0 saturated carbocycles. The summed E-state index contributed by atoms with van der Waals surface area (Å²) in [5.74, 6) is 0. The highest BCUT2D eigenvalue weighted by Crippen LogP contribution is 2.28. The van der Waals surface area contributed by atoms with E-state index in [-0.39, 0.29) is 0 Å². The molecule has 0 aromatic heterocycles. The molecule has 1 aromatic rings. The van der Waals surface area contributed by atoms with E-state index in [1.807, 2.05) is 0 Å². The van der Waals surface area contributed by atoms with E-state index in [1.54, 1.807) is 0 Å². The first-order valence-corrected chi connectivity index (χ1v) is 7.81. The molecule has 0 spiro atoms. The van der Waals surface area contributed by atoms with Gasteiger partial charge in [-0.05, 0) is 17.3 Å². The molecule has 0 N–H and O–H groups in total. The Labute approximate surface area is 95.3 Å². The first kappa shape index (κ1) is 12.8. The molecule has 1 aromatic carbocycles. The molecule has 1 rings (SSSR count). The van der Waals surface area contributed by atoms with E-state index in [0.29, 0.717) is 5.19 Å². The molecule has 0 bridgehead atoms. The average molecular weight is 275 g/mol. The lowest BCUT2D eigenvalue weighted by Crippen LogP contribution is -2.38. The summed E-state index contributed by atoms with van der Waals surface area (Å²) in [4.78, 5) is 0. The molecule has 0 radical (unpaired) electrons. The monoisotopic (exact) mass is 274 g/mol. The summed E-state index contributed by atoms with van der Waals surface area (Å²) in [5.41, 5.74) is -0.736. The van der Waals surface area contributed by atoms with E-state index in [2.05, 4.69) is 0 Å². The molecule has 15 heavy (non-hydrogen) atoms. The molecular formula is C8H7Cl2F3OSi. The van der Waals surface area contributed by atoms with Gasteiger partial charge in [-0.3, -0.25) is 0 Å². The van der Waals surface area contributed by atoms with E-state index in [9.17, 15) is 13.2 Å². The van der Waals surface area contributed by atoms with Crippen LogP contribution >= 0.6 is 22.2 Å². The highest BCUT2D eigenvalue weighted by Gasteiger charge is 2.34. The Kier molecular flexibility index (Phi) is 3.70. The van der Waals surface area contributed by atoms with Crippen LogP contribution in [0.2, 0.25) is 0 Å². The van der Waals surface area contributed by atoms with Crippen molar-refractivity contribution in [3.8, 4) is 0 Å². The molecule has 0 aliphatic rings. The molecule has 0 aliphatic carbocycles. The summed E-state index contributed by atoms with van der Waals surface area (Å²) in [5, 5.41) is 0.390. The van der Waals surface area contributed by atoms with Gasteiger partial charge >= 0.3 is 13.1 Å². The number of rotatable bonds is 2. The SMILES string of the molecule is CO[Si](Cl)(Cl)c1ccc(C(F)(F)F)cc1. The standard InChI is InChI=1S/C8H7Cl2F3OSi/c1-14-15(9,10)7-4-2-6(3-5-7)8(11,12)13/h2-5H,1H3. The number of alkyl halides is 3. The number of hydrogen-bond acceptors (Lipinski definition) is 1. The molecule has 0 heterocycles. The lowest BCUT2D eigenvalue weighted by molar-refractivity contribution is -0.137. The fourth-order valence-corrected chi connectivity index (χ4v) is 2.52. The molecule has 0 aliphatic heterocycles. The third kappa shape index (κ3) is 3.11.